The highest BCUT2D eigenvalue weighted by molar-refractivity contribution is 9.10. The van der Waals surface area contributed by atoms with Crippen LogP contribution in [0.15, 0.2) is 29.1 Å². The van der Waals surface area contributed by atoms with Gasteiger partial charge in [0.1, 0.15) is 0 Å². The molecule has 0 fully saturated rings. The van der Waals surface area contributed by atoms with E-state index in [2.05, 4.69) is 38.3 Å². The lowest BCUT2D eigenvalue weighted by atomic mass is 10.0. The van der Waals surface area contributed by atoms with Crippen molar-refractivity contribution in [3.63, 3.8) is 0 Å². The summed E-state index contributed by atoms with van der Waals surface area (Å²) in [5, 5.41) is 7.56. The molecule has 0 saturated carbocycles. The number of aromatic nitrogens is 3. The van der Waals surface area contributed by atoms with E-state index in [9.17, 15) is 0 Å². The van der Waals surface area contributed by atoms with Crippen LogP contribution in [0.4, 0.5) is 0 Å². The standard InChI is InChI=1S/C12H15BrN4/c1-8-4-5-15-6-9(8)11(14-2)12-10(13)7-16-17(12)3/h4-7,11,14H,1-3H3. The number of nitrogens with zero attached hydrogens (tertiary/aromatic N) is 3. The average molecular weight is 295 g/mol. The van der Waals surface area contributed by atoms with E-state index < -0.39 is 0 Å². The fourth-order valence-corrected chi connectivity index (χ4v) is 2.54. The van der Waals surface area contributed by atoms with Gasteiger partial charge in [-0.25, -0.2) is 0 Å². The largest absolute Gasteiger partial charge is 0.308 e. The molecule has 1 N–H and O–H groups in total. The molecule has 2 aromatic rings. The van der Waals surface area contributed by atoms with Gasteiger partial charge in [-0.15, -0.1) is 0 Å². The molecule has 0 saturated heterocycles. The summed E-state index contributed by atoms with van der Waals surface area (Å²) in [6.45, 7) is 2.09. The fourth-order valence-electron chi connectivity index (χ4n) is 1.96. The Hall–Kier alpha value is -1.20. The Morgan fingerprint density at radius 3 is 2.71 bits per heavy atom. The Bertz CT molecular complexity index is 501. The van der Waals surface area contributed by atoms with Crippen LogP contribution in [-0.4, -0.2) is 21.8 Å². The third-order valence-corrected chi connectivity index (χ3v) is 3.50. The molecular formula is C12H15BrN4. The van der Waals surface area contributed by atoms with Gasteiger partial charge in [-0.05, 0) is 47.1 Å². The predicted octanol–water partition coefficient (Wildman–Crippen LogP) is 2.19. The average Bonchev–Trinajstić information content (AvgIpc) is 2.64. The maximum Gasteiger partial charge on any atom is 0.0774 e. The lowest BCUT2D eigenvalue weighted by Crippen LogP contribution is -2.22. The molecule has 17 heavy (non-hydrogen) atoms. The zero-order valence-corrected chi connectivity index (χ0v) is 11.7. The quantitative estimate of drug-likeness (QED) is 0.944. The van der Waals surface area contributed by atoms with E-state index in [-0.39, 0.29) is 6.04 Å². The molecule has 0 aliphatic carbocycles. The van der Waals surface area contributed by atoms with Gasteiger partial charge < -0.3 is 5.32 Å². The van der Waals surface area contributed by atoms with Crippen molar-refractivity contribution in [1.29, 1.82) is 0 Å². The van der Waals surface area contributed by atoms with Crippen molar-refractivity contribution < 1.29 is 0 Å². The van der Waals surface area contributed by atoms with Crippen molar-refractivity contribution in [2.45, 2.75) is 13.0 Å². The highest BCUT2D eigenvalue weighted by atomic mass is 79.9. The monoisotopic (exact) mass is 294 g/mol. The summed E-state index contributed by atoms with van der Waals surface area (Å²) in [5.74, 6) is 0. The molecule has 1 atom stereocenters. The van der Waals surface area contributed by atoms with E-state index in [4.69, 9.17) is 0 Å². The third-order valence-electron chi connectivity index (χ3n) is 2.89. The number of aryl methyl sites for hydroxylation is 2. The molecule has 4 nitrogen and oxygen atoms in total. The van der Waals surface area contributed by atoms with Gasteiger partial charge in [-0.3, -0.25) is 9.67 Å². The van der Waals surface area contributed by atoms with Crippen LogP contribution in [0.2, 0.25) is 0 Å². The van der Waals surface area contributed by atoms with E-state index in [1.807, 2.05) is 43.4 Å². The Morgan fingerprint density at radius 2 is 2.18 bits per heavy atom. The SMILES string of the molecule is CNC(c1cnccc1C)c1c(Br)cnn1C. The first-order valence-electron chi connectivity index (χ1n) is 5.40. The molecule has 0 spiro atoms. The Morgan fingerprint density at radius 1 is 1.41 bits per heavy atom. The lowest BCUT2D eigenvalue weighted by Gasteiger charge is -2.19. The van der Waals surface area contributed by atoms with Gasteiger partial charge in [-0.1, -0.05) is 0 Å². The highest BCUT2D eigenvalue weighted by Crippen LogP contribution is 2.28. The third kappa shape index (κ3) is 2.25. The Balaban J connectivity index is 2.52. The summed E-state index contributed by atoms with van der Waals surface area (Å²) in [5.41, 5.74) is 3.48. The molecule has 0 amide bonds. The van der Waals surface area contributed by atoms with Gasteiger partial charge in [0, 0.05) is 19.4 Å². The van der Waals surface area contributed by atoms with Crippen LogP contribution in [0, 0.1) is 6.92 Å². The molecule has 1 unspecified atom stereocenters. The topological polar surface area (TPSA) is 42.7 Å². The summed E-state index contributed by atoms with van der Waals surface area (Å²) < 4.78 is 2.88. The first kappa shape index (κ1) is 12.3. The summed E-state index contributed by atoms with van der Waals surface area (Å²) in [6, 6.07) is 2.11. The van der Waals surface area contributed by atoms with Crippen LogP contribution >= 0.6 is 15.9 Å². The predicted molar refractivity (Wildman–Crippen MR) is 70.8 cm³/mol. The summed E-state index contributed by atoms with van der Waals surface area (Å²) in [7, 11) is 3.88. The molecule has 5 heteroatoms. The van der Waals surface area contributed by atoms with Crippen molar-refractivity contribution in [3.8, 4) is 0 Å². The fraction of sp³-hybridized carbons (Fsp3) is 0.333. The highest BCUT2D eigenvalue weighted by Gasteiger charge is 2.20. The molecule has 0 radical (unpaired) electrons. The second kappa shape index (κ2) is 4.98. The number of halogens is 1. The summed E-state index contributed by atoms with van der Waals surface area (Å²) >= 11 is 3.54. The van der Waals surface area contributed by atoms with Crippen LogP contribution < -0.4 is 5.32 Å². The van der Waals surface area contributed by atoms with Crippen molar-refractivity contribution in [1.82, 2.24) is 20.1 Å². The van der Waals surface area contributed by atoms with Crippen molar-refractivity contribution in [2.75, 3.05) is 7.05 Å². The smallest absolute Gasteiger partial charge is 0.0774 e. The van der Waals surface area contributed by atoms with E-state index in [1.54, 1.807) is 0 Å². The first-order chi connectivity index (χ1) is 8.15. The van der Waals surface area contributed by atoms with E-state index >= 15 is 0 Å². The maximum atomic E-state index is 4.25. The van der Waals surface area contributed by atoms with E-state index in [0.717, 1.165) is 10.2 Å². The van der Waals surface area contributed by atoms with Gasteiger partial charge in [0.15, 0.2) is 0 Å². The van der Waals surface area contributed by atoms with Crippen LogP contribution in [-0.2, 0) is 7.05 Å². The molecule has 0 aliphatic rings. The summed E-state index contributed by atoms with van der Waals surface area (Å²) in [4.78, 5) is 4.20. The van der Waals surface area contributed by atoms with Crippen LogP contribution in [0.25, 0.3) is 0 Å². The molecule has 2 rings (SSSR count). The van der Waals surface area contributed by atoms with Crippen LogP contribution in [0.1, 0.15) is 22.9 Å². The number of hydrogen-bond donors (Lipinski definition) is 1. The number of nitrogens with one attached hydrogen (secondary N) is 1. The number of pyridine rings is 1. The zero-order chi connectivity index (χ0) is 12.4. The summed E-state index contributed by atoms with van der Waals surface area (Å²) in [6.07, 6.45) is 5.52. The second-order valence-corrected chi connectivity index (χ2v) is 4.81. The Kier molecular flexibility index (Phi) is 3.59. The number of rotatable bonds is 3. The van der Waals surface area contributed by atoms with Crippen LogP contribution in [0.5, 0.6) is 0 Å². The molecule has 2 heterocycles. The zero-order valence-electron chi connectivity index (χ0n) is 10.1. The molecular weight excluding hydrogens is 280 g/mol. The Labute approximate surface area is 109 Å². The van der Waals surface area contributed by atoms with E-state index in [1.165, 1.54) is 11.1 Å². The van der Waals surface area contributed by atoms with Crippen molar-refractivity contribution >= 4 is 15.9 Å². The van der Waals surface area contributed by atoms with Gasteiger partial charge in [0.2, 0.25) is 0 Å². The van der Waals surface area contributed by atoms with E-state index in [0.29, 0.717) is 0 Å². The molecule has 0 bridgehead atoms. The van der Waals surface area contributed by atoms with Gasteiger partial charge >= 0.3 is 0 Å². The minimum absolute atomic E-state index is 0.0885. The maximum absolute atomic E-state index is 4.25. The van der Waals surface area contributed by atoms with Crippen LogP contribution in [0.3, 0.4) is 0 Å². The molecule has 90 valence electrons. The minimum Gasteiger partial charge on any atom is -0.308 e. The number of hydrogen-bond acceptors (Lipinski definition) is 3. The molecule has 0 aromatic carbocycles. The normalized spacial score (nSPS) is 12.7. The van der Waals surface area contributed by atoms with Gasteiger partial charge in [0.05, 0.1) is 22.4 Å². The second-order valence-electron chi connectivity index (χ2n) is 3.96. The molecule has 0 aliphatic heterocycles. The van der Waals surface area contributed by atoms with Gasteiger partial charge in [0.25, 0.3) is 0 Å². The minimum atomic E-state index is 0.0885. The van der Waals surface area contributed by atoms with Gasteiger partial charge in [-0.2, -0.15) is 5.10 Å². The van der Waals surface area contributed by atoms with Crippen molar-refractivity contribution in [3.05, 3.63) is 46.0 Å². The van der Waals surface area contributed by atoms with Crippen molar-refractivity contribution in [2.24, 2.45) is 7.05 Å². The molecule has 2 aromatic heterocycles. The lowest BCUT2D eigenvalue weighted by molar-refractivity contribution is 0.600. The first-order valence-corrected chi connectivity index (χ1v) is 6.19.